The van der Waals surface area contributed by atoms with Crippen molar-refractivity contribution in [2.75, 3.05) is 13.2 Å². The van der Waals surface area contributed by atoms with Crippen LogP contribution in [0.3, 0.4) is 0 Å². The first-order valence-electron chi connectivity index (χ1n) is 8.90. The van der Waals surface area contributed by atoms with Gasteiger partial charge in [-0.15, -0.1) is 0 Å². The van der Waals surface area contributed by atoms with Gasteiger partial charge < -0.3 is 9.47 Å². The standard InChI is InChI=1S/C19H27NO2/c1-2-6-16-13-18-19(21-11-12-22-19)10-9-17(16)20(18)14-15-7-4-3-5-8-15/h3-5,7-8,16-18H,2,6,9-14H2,1H3/t16?,17-,18-/m1/s1. The molecule has 3 saturated heterocycles. The van der Waals surface area contributed by atoms with Crippen LogP contribution in [0.15, 0.2) is 30.3 Å². The summed E-state index contributed by atoms with van der Waals surface area (Å²) in [7, 11) is 0. The van der Waals surface area contributed by atoms with Crippen LogP contribution in [0.2, 0.25) is 0 Å². The third-order valence-corrected chi connectivity index (χ3v) is 5.84. The molecule has 1 spiro atoms. The van der Waals surface area contributed by atoms with Crippen LogP contribution in [-0.4, -0.2) is 36.0 Å². The predicted octanol–water partition coefficient (Wildman–Crippen LogP) is 3.58. The van der Waals surface area contributed by atoms with Crippen molar-refractivity contribution in [1.82, 2.24) is 4.90 Å². The van der Waals surface area contributed by atoms with Crippen LogP contribution in [0.1, 0.15) is 44.6 Å². The van der Waals surface area contributed by atoms with Gasteiger partial charge in [0.1, 0.15) is 0 Å². The SMILES string of the molecule is CCCC1C[C@H]2N(Cc3ccccc3)[C@@H]1CCC21OCCO1. The summed E-state index contributed by atoms with van der Waals surface area (Å²) in [4.78, 5) is 2.70. The van der Waals surface area contributed by atoms with E-state index >= 15 is 0 Å². The molecule has 0 N–H and O–H groups in total. The van der Waals surface area contributed by atoms with Crippen molar-refractivity contribution in [3.8, 4) is 0 Å². The molecule has 3 fully saturated rings. The summed E-state index contributed by atoms with van der Waals surface area (Å²) >= 11 is 0. The van der Waals surface area contributed by atoms with Gasteiger partial charge in [0.25, 0.3) is 0 Å². The Morgan fingerprint density at radius 1 is 1.18 bits per heavy atom. The summed E-state index contributed by atoms with van der Waals surface area (Å²) in [5.74, 6) is 0.499. The Balaban J connectivity index is 1.60. The lowest BCUT2D eigenvalue weighted by atomic mass is 9.92. The van der Waals surface area contributed by atoms with Gasteiger partial charge >= 0.3 is 0 Å². The van der Waals surface area contributed by atoms with Crippen LogP contribution in [0.4, 0.5) is 0 Å². The zero-order chi connectivity index (χ0) is 15.0. The minimum atomic E-state index is -0.312. The summed E-state index contributed by atoms with van der Waals surface area (Å²) in [6.07, 6.45) is 6.15. The lowest BCUT2D eigenvalue weighted by Crippen LogP contribution is -2.56. The molecule has 3 atom stereocenters. The fraction of sp³-hybridized carbons (Fsp3) is 0.684. The van der Waals surface area contributed by atoms with Crippen LogP contribution >= 0.6 is 0 Å². The Hall–Kier alpha value is -0.900. The lowest BCUT2D eigenvalue weighted by Gasteiger charge is -2.45. The molecule has 0 saturated carbocycles. The molecule has 3 nitrogen and oxygen atoms in total. The molecule has 1 unspecified atom stereocenters. The topological polar surface area (TPSA) is 21.7 Å². The van der Waals surface area contributed by atoms with E-state index in [1.807, 2.05) is 0 Å². The lowest BCUT2D eigenvalue weighted by molar-refractivity contribution is -0.220. The maximum Gasteiger partial charge on any atom is 0.184 e. The molecule has 2 bridgehead atoms. The molecule has 0 aromatic heterocycles. The molecule has 3 aliphatic heterocycles. The molecule has 0 amide bonds. The Morgan fingerprint density at radius 3 is 2.68 bits per heavy atom. The molecular weight excluding hydrogens is 274 g/mol. The van der Waals surface area contributed by atoms with Gasteiger partial charge in [-0.2, -0.15) is 0 Å². The third-order valence-electron chi connectivity index (χ3n) is 5.84. The van der Waals surface area contributed by atoms with E-state index in [9.17, 15) is 0 Å². The normalized spacial score (nSPS) is 33.6. The van der Waals surface area contributed by atoms with Crippen LogP contribution in [0.25, 0.3) is 0 Å². The smallest absolute Gasteiger partial charge is 0.184 e. The molecule has 3 heteroatoms. The summed E-state index contributed by atoms with van der Waals surface area (Å²) in [6.45, 7) is 4.87. The van der Waals surface area contributed by atoms with Crippen molar-refractivity contribution in [1.29, 1.82) is 0 Å². The first kappa shape index (κ1) is 14.7. The zero-order valence-electron chi connectivity index (χ0n) is 13.5. The molecule has 3 heterocycles. The van der Waals surface area contributed by atoms with Gasteiger partial charge in [0.05, 0.1) is 19.3 Å². The second kappa shape index (κ2) is 5.95. The number of hydrogen-bond acceptors (Lipinski definition) is 3. The number of ether oxygens (including phenoxy) is 2. The number of hydrogen-bond donors (Lipinski definition) is 0. The van der Waals surface area contributed by atoms with Crippen molar-refractivity contribution >= 4 is 0 Å². The van der Waals surface area contributed by atoms with Gasteiger partial charge in [0, 0.05) is 19.0 Å². The average molecular weight is 301 g/mol. The minimum Gasteiger partial charge on any atom is -0.346 e. The van der Waals surface area contributed by atoms with E-state index in [1.54, 1.807) is 0 Å². The first-order chi connectivity index (χ1) is 10.8. The highest BCUT2D eigenvalue weighted by Crippen LogP contribution is 2.49. The molecule has 0 aliphatic carbocycles. The maximum atomic E-state index is 6.14. The summed E-state index contributed by atoms with van der Waals surface area (Å²) < 4.78 is 12.3. The molecular formula is C19H27NO2. The largest absolute Gasteiger partial charge is 0.346 e. The fourth-order valence-electron chi connectivity index (χ4n) is 4.94. The van der Waals surface area contributed by atoms with Gasteiger partial charge in [-0.25, -0.2) is 0 Å². The van der Waals surface area contributed by atoms with Crippen LogP contribution in [0.5, 0.6) is 0 Å². The average Bonchev–Trinajstić information content (AvgIpc) is 3.09. The number of fused-ring (bicyclic) bond motifs is 3. The molecule has 0 radical (unpaired) electrons. The second-order valence-corrected chi connectivity index (χ2v) is 7.07. The molecule has 4 rings (SSSR count). The Labute approximate surface area is 133 Å². The molecule has 120 valence electrons. The predicted molar refractivity (Wildman–Crippen MR) is 86.4 cm³/mol. The van der Waals surface area contributed by atoms with Crippen molar-refractivity contribution in [2.24, 2.45) is 5.92 Å². The Bertz CT molecular complexity index is 497. The molecule has 3 aliphatic rings. The highest BCUT2D eigenvalue weighted by molar-refractivity contribution is 5.17. The number of benzene rings is 1. The highest BCUT2D eigenvalue weighted by Gasteiger charge is 2.57. The van der Waals surface area contributed by atoms with Crippen LogP contribution < -0.4 is 0 Å². The molecule has 1 aromatic carbocycles. The van der Waals surface area contributed by atoms with E-state index in [-0.39, 0.29) is 5.79 Å². The van der Waals surface area contributed by atoms with Crippen LogP contribution in [-0.2, 0) is 16.0 Å². The van der Waals surface area contributed by atoms with E-state index in [2.05, 4.69) is 42.2 Å². The molecule has 1 aromatic rings. The maximum absolute atomic E-state index is 6.14. The van der Waals surface area contributed by atoms with E-state index in [0.717, 1.165) is 32.1 Å². The number of piperidine rings is 1. The Morgan fingerprint density at radius 2 is 1.95 bits per heavy atom. The van der Waals surface area contributed by atoms with Gasteiger partial charge in [0.15, 0.2) is 5.79 Å². The molecule has 22 heavy (non-hydrogen) atoms. The van der Waals surface area contributed by atoms with E-state index < -0.39 is 0 Å². The van der Waals surface area contributed by atoms with Crippen molar-refractivity contribution < 1.29 is 9.47 Å². The summed E-state index contributed by atoms with van der Waals surface area (Å²) in [5, 5.41) is 0. The first-order valence-corrected chi connectivity index (χ1v) is 8.90. The van der Waals surface area contributed by atoms with Gasteiger partial charge in [0.2, 0.25) is 0 Å². The van der Waals surface area contributed by atoms with Crippen molar-refractivity contribution in [3.05, 3.63) is 35.9 Å². The van der Waals surface area contributed by atoms with Gasteiger partial charge in [-0.3, -0.25) is 4.90 Å². The second-order valence-electron chi connectivity index (χ2n) is 7.07. The zero-order valence-corrected chi connectivity index (χ0v) is 13.5. The Kier molecular flexibility index (Phi) is 3.97. The van der Waals surface area contributed by atoms with E-state index in [0.29, 0.717) is 12.1 Å². The van der Waals surface area contributed by atoms with Crippen molar-refractivity contribution in [3.63, 3.8) is 0 Å². The number of rotatable bonds is 4. The van der Waals surface area contributed by atoms with Crippen LogP contribution in [0, 0.1) is 5.92 Å². The third kappa shape index (κ3) is 2.40. The van der Waals surface area contributed by atoms with Gasteiger partial charge in [-0.05, 0) is 30.7 Å². The minimum absolute atomic E-state index is 0.312. The van der Waals surface area contributed by atoms with Crippen molar-refractivity contribution in [2.45, 2.75) is 63.4 Å². The monoisotopic (exact) mass is 301 g/mol. The summed E-state index contributed by atoms with van der Waals surface area (Å²) in [6, 6.07) is 12.0. The quantitative estimate of drug-likeness (QED) is 0.848. The fourth-order valence-corrected chi connectivity index (χ4v) is 4.94. The van der Waals surface area contributed by atoms with Gasteiger partial charge in [-0.1, -0.05) is 43.7 Å². The number of nitrogens with zero attached hydrogens (tertiary/aromatic N) is 1. The summed E-state index contributed by atoms with van der Waals surface area (Å²) in [5.41, 5.74) is 1.41. The highest BCUT2D eigenvalue weighted by atomic mass is 16.7. The van der Waals surface area contributed by atoms with E-state index in [4.69, 9.17) is 9.47 Å². The van der Waals surface area contributed by atoms with E-state index in [1.165, 1.54) is 31.2 Å².